The fraction of sp³-hybridized carbons (Fsp3) is 0.579. The maximum absolute atomic E-state index is 3.69. The minimum Gasteiger partial charge on any atom is -0.307 e. The van der Waals surface area contributed by atoms with E-state index in [1.165, 1.54) is 49.0 Å². The van der Waals surface area contributed by atoms with Crippen molar-refractivity contribution >= 4 is 11.8 Å². The average Bonchev–Trinajstić information content (AvgIpc) is 2.47. The second-order valence-corrected chi connectivity index (χ2v) is 7.06. The largest absolute Gasteiger partial charge is 0.307 e. The topological polar surface area (TPSA) is 12.0 Å². The van der Waals surface area contributed by atoms with Crippen LogP contribution in [0.25, 0.3) is 0 Å². The van der Waals surface area contributed by atoms with Gasteiger partial charge in [0.15, 0.2) is 0 Å². The number of benzene rings is 1. The summed E-state index contributed by atoms with van der Waals surface area (Å²) in [6.07, 6.45) is 10.5. The van der Waals surface area contributed by atoms with Crippen molar-refractivity contribution in [3.8, 4) is 0 Å². The van der Waals surface area contributed by atoms with Crippen LogP contribution in [-0.4, -0.2) is 12.3 Å². The molecule has 0 amide bonds. The molecule has 1 atom stereocenters. The Hall–Kier alpha value is -0.730. The van der Waals surface area contributed by atoms with Crippen LogP contribution in [0.4, 0.5) is 0 Å². The third-order valence-corrected chi connectivity index (χ3v) is 5.02. The lowest BCUT2D eigenvalue weighted by molar-refractivity contribution is 0.554. The van der Waals surface area contributed by atoms with Crippen LogP contribution in [0.5, 0.6) is 0 Å². The molecule has 0 fully saturated rings. The zero-order valence-corrected chi connectivity index (χ0v) is 14.3. The highest BCUT2D eigenvalue weighted by Gasteiger charge is 2.16. The van der Waals surface area contributed by atoms with Crippen molar-refractivity contribution < 1.29 is 0 Å². The van der Waals surface area contributed by atoms with Crippen LogP contribution in [0, 0.1) is 0 Å². The van der Waals surface area contributed by atoms with Gasteiger partial charge in [0.2, 0.25) is 0 Å². The maximum Gasteiger partial charge on any atom is 0.0535 e. The lowest BCUT2D eigenvalue weighted by Gasteiger charge is -2.24. The lowest BCUT2D eigenvalue weighted by atomic mass is 9.91. The molecule has 0 radical (unpaired) electrons. The molecular weight excluding hydrogens is 274 g/mol. The molecule has 0 aromatic heterocycles. The van der Waals surface area contributed by atoms with Gasteiger partial charge < -0.3 is 5.32 Å². The molecule has 1 unspecified atom stereocenters. The molecule has 1 N–H and O–H groups in total. The Morgan fingerprint density at radius 2 is 1.81 bits per heavy atom. The first kappa shape index (κ1) is 16.6. The van der Waals surface area contributed by atoms with Gasteiger partial charge in [0.1, 0.15) is 0 Å². The fourth-order valence-electron chi connectivity index (χ4n) is 3.07. The van der Waals surface area contributed by atoms with E-state index in [1.807, 2.05) is 11.8 Å². The van der Waals surface area contributed by atoms with Crippen molar-refractivity contribution in [3.05, 3.63) is 41.5 Å². The zero-order chi connectivity index (χ0) is 14.9. The van der Waals surface area contributed by atoms with Gasteiger partial charge in [-0.2, -0.15) is 0 Å². The summed E-state index contributed by atoms with van der Waals surface area (Å²) in [5, 5.41) is 3.69. The average molecular weight is 304 g/mol. The van der Waals surface area contributed by atoms with E-state index in [0.29, 0.717) is 6.04 Å². The zero-order valence-electron chi connectivity index (χ0n) is 13.5. The van der Waals surface area contributed by atoms with Crippen molar-refractivity contribution in [1.82, 2.24) is 5.32 Å². The SMILES string of the molecule is CCNC(/C1=C/CCCCCC1)c1ccc(SCC)cc1. The number of rotatable bonds is 6. The summed E-state index contributed by atoms with van der Waals surface area (Å²) in [6, 6.07) is 9.58. The molecule has 0 heterocycles. The van der Waals surface area contributed by atoms with E-state index in [2.05, 4.69) is 49.5 Å². The molecule has 21 heavy (non-hydrogen) atoms. The number of thioether (sulfide) groups is 1. The van der Waals surface area contributed by atoms with Crippen LogP contribution < -0.4 is 5.32 Å². The van der Waals surface area contributed by atoms with Crippen molar-refractivity contribution in [2.24, 2.45) is 0 Å². The van der Waals surface area contributed by atoms with Gasteiger partial charge in [-0.3, -0.25) is 0 Å². The molecule has 1 aromatic carbocycles. The first-order chi connectivity index (χ1) is 10.3. The molecule has 0 saturated heterocycles. The maximum atomic E-state index is 3.69. The second kappa shape index (κ2) is 9.32. The van der Waals surface area contributed by atoms with E-state index in [1.54, 1.807) is 5.57 Å². The van der Waals surface area contributed by atoms with Crippen LogP contribution in [0.15, 0.2) is 40.8 Å². The van der Waals surface area contributed by atoms with E-state index in [9.17, 15) is 0 Å². The quantitative estimate of drug-likeness (QED) is 0.532. The lowest BCUT2D eigenvalue weighted by Crippen LogP contribution is -2.23. The number of allylic oxidation sites excluding steroid dienone is 1. The van der Waals surface area contributed by atoms with Gasteiger partial charge in [0.25, 0.3) is 0 Å². The summed E-state index contributed by atoms with van der Waals surface area (Å²) in [7, 11) is 0. The van der Waals surface area contributed by atoms with Crippen LogP contribution in [0.1, 0.15) is 64.0 Å². The second-order valence-electron chi connectivity index (χ2n) is 5.72. The third kappa shape index (κ3) is 5.19. The summed E-state index contributed by atoms with van der Waals surface area (Å²) in [5.41, 5.74) is 3.02. The summed E-state index contributed by atoms with van der Waals surface area (Å²) >= 11 is 1.92. The van der Waals surface area contributed by atoms with Crippen molar-refractivity contribution in [2.45, 2.75) is 63.3 Å². The van der Waals surface area contributed by atoms with Crippen molar-refractivity contribution in [3.63, 3.8) is 0 Å². The Balaban J connectivity index is 2.16. The molecule has 0 saturated carbocycles. The van der Waals surface area contributed by atoms with Gasteiger partial charge >= 0.3 is 0 Å². The van der Waals surface area contributed by atoms with Gasteiger partial charge in [0.05, 0.1) is 6.04 Å². The summed E-state index contributed by atoms with van der Waals surface area (Å²) in [5.74, 6) is 1.14. The molecule has 0 aliphatic heterocycles. The highest BCUT2D eigenvalue weighted by Crippen LogP contribution is 2.30. The fourth-order valence-corrected chi connectivity index (χ4v) is 3.73. The Labute approximate surface area is 134 Å². The molecule has 1 aliphatic rings. The Morgan fingerprint density at radius 3 is 2.52 bits per heavy atom. The molecular formula is C19H29NS. The van der Waals surface area contributed by atoms with Gasteiger partial charge in [-0.25, -0.2) is 0 Å². The van der Waals surface area contributed by atoms with E-state index in [0.717, 1.165) is 12.3 Å². The highest BCUT2D eigenvalue weighted by atomic mass is 32.2. The number of nitrogens with one attached hydrogen (secondary N) is 1. The molecule has 1 aliphatic carbocycles. The van der Waals surface area contributed by atoms with Gasteiger partial charge in [0, 0.05) is 4.90 Å². The minimum atomic E-state index is 0.411. The number of hydrogen-bond donors (Lipinski definition) is 1. The minimum absolute atomic E-state index is 0.411. The first-order valence-electron chi connectivity index (χ1n) is 8.50. The number of hydrogen-bond acceptors (Lipinski definition) is 2. The molecule has 1 nitrogen and oxygen atoms in total. The highest BCUT2D eigenvalue weighted by molar-refractivity contribution is 7.99. The smallest absolute Gasteiger partial charge is 0.0535 e. The third-order valence-electron chi connectivity index (χ3n) is 4.13. The van der Waals surface area contributed by atoms with Crippen molar-refractivity contribution in [2.75, 3.05) is 12.3 Å². The van der Waals surface area contributed by atoms with E-state index in [-0.39, 0.29) is 0 Å². The van der Waals surface area contributed by atoms with Crippen LogP contribution in [-0.2, 0) is 0 Å². The summed E-state index contributed by atoms with van der Waals surface area (Å²) < 4.78 is 0. The molecule has 0 bridgehead atoms. The molecule has 116 valence electrons. The molecule has 1 aromatic rings. The number of likely N-dealkylation sites (N-methyl/N-ethyl adjacent to an activating group) is 1. The van der Waals surface area contributed by atoms with E-state index >= 15 is 0 Å². The van der Waals surface area contributed by atoms with Crippen LogP contribution in [0.3, 0.4) is 0 Å². The molecule has 0 spiro atoms. The van der Waals surface area contributed by atoms with Gasteiger partial charge in [-0.15, -0.1) is 11.8 Å². The Kier molecular flexibility index (Phi) is 7.38. The van der Waals surface area contributed by atoms with E-state index < -0.39 is 0 Å². The van der Waals surface area contributed by atoms with Crippen molar-refractivity contribution in [1.29, 1.82) is 0 Å². The normalized spacial score (nSPS) is 20.2. The van der Waals surface area contributed by atoms with Gasteiger partial charge in [-0.1, -0.05) is 50.5 Å². The summed E-state index contributed by atoms with van der Waals surface area (Å²) in [4.78, 5) is 1.38. The van der Waals surface area contributed by atoms with Crippen LogP contribution >= 0.6 is 11.8 Å². The first-order valence-corrected chi connectivity index (χ1v) is 9.48. The Bertz CT molecular complexity index is 435. The van der Waals surface area contributed by atoms with E-state index in [4.69, 9.17) is 0 Å². The van der Waals surface area contributed by atoms with Gasteiger partial charge in [-0.05, 0) is 55.7 Å². The predicted octanol–water partition coefficient (Wildman–Crippen LogP) is 5.73. The monoisotopic (exact) mass is 303 g/mol. The Morgan fingerprint density at radius 1 is 1.05 bits per heavy atom. The molecule has 2 rings (SSSR count). The summed E-state index contributed by atoms with van der Waals surface area (Å²) in [6.45, 7) is 5.44. The predicted molar refractivity (Wildman–Crippen MR) is 95.0 cm³/mol. The standard InChI is InChI=1S/C19H29NS/c1-3-20-19(16-10-8-6-5-7-9-11-16)17-12-14-18(15-13-17)21-4-2/h10,12-15,19-20H,3-9,11H2,1-2H3/b16-10+. The van der Waals surface area contributed by atoms with Crippen LogP contribution in [0.2, 0.25) is 0 Å². The molecule has 2 heteroatoms.